The molecule has 1 aliphatic heterocycles. The van der Waals surface area contributed by atoms with Crippen molar-refractivity contribution >= 4 is 0 Å². The fourth-order valence-corrected chi connectivity index (χ4v) is 7.05. The monoisotopic (exact) mass is 352 g/mol. The van der Waals surface area contributed by atoms with E-state index in [9.17, 15) is 5.11 Å². The Balaban J connectivity index is 1.16. The second kappa shape index (κ2) is 7.46. The van der Waals surface area contributed by atoms with Crippen molar-refractivity contribution in [3.63, 3.8) is 0 Å². The third-order valence-electron chi connectivity index (χ3n) is 7.39. The van der Waals surface area contributed by atoms with Crippen LogP contribution >= 0.6 is 0 Å². The average molecular weight is 353 g/mol. The van der Waals surface area contributed by atoms with E-state index >= 15 is 0 Å². The van der Waals surface area contributed by atoms with Crippen molar-refractivity contribution in [2.24, 2.45) is 23.2 Å². The molecule has 1 unspecified atom stereocenters. The first-order chi connectivity index (χ1) is 12.0. The molecule has 0 aromatic carbocycles. The van der Waals surface area contributed by atoms with Gasteiger partial charge >= 0.3 is 0 Å². The number of hydrogen-bond donors (Lipinski definition) is 2. The fourth-order valence-electron chi connectivity index (χ4n) is 7.05. The maximum absolute atomic E-state index is 10.3. The minimum atomic E-state index is -0.344. The molecule has 4 saturated carbocycles. The summed E-state index contributed by atoms with van der Waals surface area (Å²) in [5, 5.41) is 10.3. The number of rotatable bonds is 7. The van der Waals surface area contributed by atoms with Crippen LogP contribution in [0.1, 0.15) is 58.8 Å². The zero-order valence-corrected chi connectivity index (χ0v) is 16.2. The van der Waals surface area contributed by atoms with Gasteiger partial charge in [-0.25, -0.2) is 0 Å². The Labute approximate surface area is 153 Å². The van der Waals surface area contributed by atoms with Crippen LogP contribution in [0.25, 0.3) is 0 Å². The van der Waals surface area contributed by atoms with Gasteiger partial charge in [0.25, 0.3) is 0 Å². The van der Waals surface area contributed by atoms with E-state index in [0.29, 0.717) is 24.2 Å². The highest BCUT2D eigenvalue weighted by atomic mass is 16.5. The molecule has 25 heavy (non-hydrogen) atoms. The Hall–Kier alpha value is -0.160. The normalized spacial score (nSPS) is 47.2. The van der Waals surface area contributed by atoms with E-state index < -0.39 is 0 Å². The zero-order chi connectivity index (χ0) is 17.4. The van der Waals surface area contributed by atoms with Crippen LogP contribution in [0.3, 0.4) is 0 Å². The SMILES string of the molecule is C[C@@H]1C[NH+](C[C@H](O)COCCC23CC4CC(CC(C4)C2)C3)C[C@H](C)O1. The molecule has 4 aliphatic carbocycles. The standard InChI is InChI=1S/C21H37NO3/c1-15-11-22(12-16(2)25-15)13-20(23)14-24-4-3-21-8-17-5-18(9-21)7-19(6-17)10-21/h15-20,23H,3-14H2,1-2H3/p+1/t15-,16+,17?,18?,19?,20-,21?/m0/s1. The van der Waals surface area contributed by atoms with Crippen LogP contribution in [0.15, 0.2) is 0 Å². The summed E-state index contributed by atoms with van der Waals surface area (Å²) in [6.07, 6.45) is 10.4. The summed E-state index contributed by atoms with van der Waals surface area (Å²) < 4.78 is 11.7. The molecule has 2 N–H and O–H groups in total. The smallest absolute Gasteiger partial charge is 0.126 e. The van der Waals surface area contributed by atoms with E-state index in [4.69, 9.17) is 9.47 Å². The molecule has 5 aliphatic rings. The molecule has 0 aromatic rings. The quantitative estimate of drug-likeness (QED) is 0.685. The van der Waals surface area contributed by atoms with Crippen molar-refractivity contribution < 1.29 is 19.5 Å². The average Bonchev–Trinajstić information content (AvgIpc) is 2.49. The first-order valence-electron chi connectivity index (χ1n) is 10.7. The van der Waals surface area contributed by atoms with Crippen LogP contribution in [-0.4, -0.2) is 56.3 Å². The topological polar surface area (TPSA) is 43.1 Å². The summed E-state index contributed by atoms with van der Waals surface area (Å²) in [5.41, 5.74) is 0.597. The molecule has 5 fully saturated rings. The molecule has 4 heteroatoms. The fraction of sp³-hybridized carbons (Fsp3) is 1.00. The van der Waals surface area contributed by atoms with Gasteiger partial charge in [-0.1, -0.05) is 0 Å². The van der Waals surface area contributed by atoms with E-state index in [-0.39, 0.29) is 6.10 Å². The maximum Gasteiger partial charge on any atom is 0.126 e. The van der Waals surface area contributed by atoms with Gasteiger partial charge in [-0.3, -0.25) is 0 Å². The number of quaternary nitrogens is 1. The van der Waals surface area contributed by atoms with Crippen LogP contribution in [-0.2, 0) is 9.47 Å². The van der Waals surface area contributed by atoms with Crippen LogP contribution in [0, 0.1) is 23.2 Å². The van der Waals surface area contributed by atoms with Crippen LogP contribution in [0.4, 0.5) is 0 Å². The zero-order valence-electron chi connectivity index (χ0n) is 16.2. The first kappa shape index (κ1) is 18.2. The Morgan fingerprint density at radius 1 is 1.04 bits per heavy atom. The van der Waals surface area contributed by atoms with Gasteiger partial charge in [0.1, 0.15) is 37.9 Å². The molecule has 0 spiro atoms. The minimum Gasteiger partial charge on any atom is -0.385 e. The summed E-state index contributed by atoms with van der Waals surface area (Å²) in [7, 11) is 0. The summed E-state index contributed by atoms with van der Waals surface area (Å²) in [6, 6.07) is 0. The molecule has 0 aromatic heterocycles. The highest BCUT2D eigenvalue weighted by molar-refractivity contribution is 5.01. The predicted octanol–water partition coefficient (Wildman–Crippen LogP) is 1.66. The van der Waals surface area contributed by atoms with Crippen LogP contribution in [0.2, 0.25) is 0 Å². The van der Waals surface area contributed by atoms with Gasteiger partial charge in [0.2, 0.25) is 0 Å². The second-order valence-electron chi connectivity index (χ2n) is 10.0. The Morgan fingerprint density at radius 3 is 2.16 bits per heavy atom. The highest BCUT2D eigenvalue weighted by Gasteiger charge is 2.50. The molecule has 144 valence electrons. The van der Waals surface area contributed by atoms with Crippen LogP contribution in [0.5, 0.6) is 0 Å². The number of nitrogens with one attached hydrogen (secondary N) is 1. The lowest BCUT2D eigenvalue weighted by molar-refractivity contribution is -0.918. The van der Waals surface area contributed by atoms with E-state index in [1.807, 2.05) is 0 Å². The lowest BCUT2D eigenvalue weighted by Crippen LogP contribution is -3.16. The number of morpholine rings is 1. The lowest BCUT2D eigenvalue weighted by Gasteiger charge is -2.57. The molecule has 1 heterocycles. The molecule has 0 amide bonds. The molecule has 4 atom stereocenters. The third-order valence-corrected chi connectivity index (χ3v) is 7.39. The highest BCUT2D eigenvalue weighted by Crippen LogP contribution is 2.61. The Kier molecular flexibility index (Phi) is 5.43. The van der Waals surface area contributed by atoms with Crippen molar-refractivity contribution in [1.82, 2.24) is 0 Å². The first-order valence-corrected chi connectivity index (χ1v) is 10.7. The van der Waals surface area contributed by atoms with Gasteiger partial charge < -0.3 is 19.5 Å². The molecular weight excluding hydrogens is 314 g/mol. The number of aliphatic hydroxyl groups is 1. The van der Waals surface area contributed by atoms with Crippen molar-refractivity contribution in [3.05, 3.63) is 0 Å². The summed E-state index contributed by atoms with van der Waals surface area (Å²) in [5.74, 6) is 3.06. The Bertz CT molecular complexity index is 409. The molecule has 1 saturated heterocycles. The van der Waals surface area contributed by atoms with Gasteiger partial charge in [-0.15, -0.1) is 0 Å². The minimum absolute atomic E-state index is 0.294. The summed E-state index contributed by atoms with van der Waals surface area (Å²) in [4.78, 5) is 1.45. The number of aliphatic hydroxyl groups excluding tert-OH is 1. The van der Waals surface area contributed by atoms with Crippen molar-refractivity contribution in [3.8, 4) is 0 Å². The molecule has 0 radical (unpaired) electrons. The second-order valence-corrected chi connectivity index (χ2v) is 10.0. The largest absolute Gasteiger partial charge is 0.385 e. The van der Waals surface area contributed by atoms with E-state index in [2.05, 4.69) is 13.8 Å². The van der Waals surface area contributed by atoms with E-state index in [0.717, 1.165) is 44.0 Å². The van der Waals surface area contributed by atoms with Gasteiger partial charge in [0, 0.05) is 6.61 Å². The van der Waals surface area contributed by atoms with Gasteiger partial charge in [0.05, 0.1) is 6.61 Å². The summed E-state index contributed by atoms with van der Waals surface area (Å²) >= 11 is 0. The van der Waals surface area contributed by atoms with Gasteiger partial charge in [-0.2, -0.15) is 0 Å². The molecular formula is C21H38NO3+. The van der Waals surface area contributed by atoms with Crippen molar-refractivity contribution in [2.45, 2.75) is 77.1 Å². The van der Waals surface area contributed by atoms with Gasteiger partial charge in [0.15, 0.2) is 0 Å². The number of hydrogen-bond acceptors (Lipinski definition) is 3. The maximum atomic E-state index is 10.3. The predicted molar refractivity (Wildman–Crippen MR) is 97.6 cm³/mol. The Morgan fingerprint density at radius 2 is 1.60 bits per heavy atom. The van der Waals surface area contributed by atoms with E-state index in [1.54, 1.807) is 0 Å². The van der Waals surface area contributed by atoms with Crippen LogP contribution < -0.4 is 4.90 Å². The van der Waals surface area contributed by atoms with Crippen molar-refractivity contribution in [2.75, 3.05) is 32.8 Å². The van der Waals surface area contributed by atoms with Gasteiger partial charge in [-0.05, 0) is 82.0 Å². The van der Waals surface area contributed by atoms with E-state index in [1.165, 1.54) is 49.8 Å². The summed E-state index contributed by atoms with van der Waals surface area (Å²) in [6.45, 7) is 8.38. The molecule has 4 nitrogen and oxygen atoms in total. The van der Waals surface area contributed by atoms with Crippen molar-refractivity contribution in [1.29, 1.82) is 0 Å². The number of ether oxygens (including phenoxy) is 2. The lowest BCUT2D eigenvalue weighted by atomic mass is 9.49. The molecule has 4 bridgehead atoms. The molecule has 5 rings (SSSR count). The third kappa shape index (κ3) is 4.40.